The molecule has 5 rings (SSSR count). The zero-order chi connectivity index (χ0) is 33.3. The van der Waals surface area contributed by atoms with E-state index in [-0.39, 0.29) is 45.8 Å². The molecule has 238 valence electrons. The first-order valence-electron chi connectivity index (χ1n) is 13.3. The fraction of sp³-hybridized carbons (Fsp3) is 0.207. The van der Waals surface area contributed by atoms with Gasteiger partial charge in [0.1, 0.15) is 12.2 Å². The summed E-state index contributed by atoms with van der Waals surface area (Å²) in [5.41, 5.74) is 1.95. The van der Waals surface area contributed by atoms with Gasteiger partial charge in [-0.2, -0.15) is 23.1 Å². The number of tetrazole rings is 1. The highest BCUT2D eigenvalue weighted by atomic mass is 35.5. The Bertz CT molecular complexity index is 1960. The van der Waals surface area contributed by atoms with Gasteiger partial charge in [-0.3, -0.25) is 9.59 Å². The van der Waals surface area contributed by atoms with Crippen molar-refractivity contribution in [3.63, 3.8) is 0 Å². The third kappa shape index (κ3) is 7.33. The largest absolute Gasteiger partial charge is 0.455 e. The van der Waals surface area contributed by atoms with Crippen LogP contribution in [0.3, 0.4) is 0 Å². The Morgan fingerprint density at radius 3 is 2.41 bits per heavy atom. The van der Waals surface area contributed by atoms with Crippen molar-refractivity contribution in [2.45, 2.75) is 39.0 Å². The van der Waals surface area contributed by atoms with E-state index in [1.54, 1.807) is 44.2 Å². The minimum absolute atomic E-state index is 0.00311. The summed E-state index contributed by atoms with van der Waals surface area (Å²) in [6.45, 7) is 3.12. The molecule has 1 N–H and O–H groups in total. The van der Waals surface area contributed by atoms with Crippen molar-refractivity contribution in [1.82, 2.24) is 40.3 Å². The maximum atomic E-state index is 13.9. The average molecular weight is 712 g/mol. The van der Waals surface area contributed by atoms with E-state index in [4.69, 9.17) is 46.4 Å². The summed E-state index contributed by atoms with van der Waals surface area (Å²) in [6.07, 6.45) is -3.63. The van der Waals surface area contributed by atoms with Gasteiger partial charge in [0.15, 0.2) is 11.6 Å². The molecule has 2 aromatic carbocycles. The highest BCUT2D eigenvalue weighted by Crippen LogP contribution is 2.29. The maximum Gasteiger partial charge on any atom is 0.455 e. The summed E-state index contributed by atoms with van der Waals surface area (Å²) in [7, 11) is 0. The molecule has 0 saturated heterocycles. The monoisotopic (exact) mass is 710 g/mol. The number of benzene rings is 2. The van der Waals surface area contributed by atoms with Crippen molar-refractivity contribution >= 4 is 58.1 Å². The number of hydrogen-bond acceptors (Lipinski definition) is 7. The number of hydrogen-bond donors (Lipinski definition) is 1. The molecule has 3 heterocycles. The molecular weight excluding hydrogens is 691 g/mol. The van der Waals surface area contributed by atoms with Crippen LogP contribution >= 0.6 is 46.4 Å². The highest BCUT2D eigenvalue weighted by molar-refractivity contribution is 6.42. The number of carbonyl (C=O) groups excluding carboxylic acids is 2. The molecule has 0 aliphatic heterocycles. The van der Waals surface area contributed by atoms with E-state index in [0.717, 1.165) is 0 Å². The molecular formula is C29H21Cl4F3N8O2. The van der Waals surface area contributed by atoms with Crippen LogP contribution in [0.1, 0.15) is 62.0 Å². The maximum absolute atomic E-state index is 13.9. The summed E-state index contributed by atoms with van der Waals surface area (Å²) in [5, 5.41) is 18.2. The molecule has 0 fully saturated rings. The lowest BCUT2D eigenvalue weighted by Crippen LogP contribution is -2.28. The Balaban J connectivity index is 1.48. The third-order valence-electron chi connectivity index (χ3n) is 6.81. The van der Waals surface area contributed by atoms with Gasteiger partial charge in [0.2, 0.25) is 0 Å². The number of aromatic nitrogens is 7. The minimum atomic E-state index is -4.79. The molecule has 1 unspecified atom stereocenters. The minimum Gasteiger partial charge on any atom is -0.346 e. The van der Waals surface area contributed by atoms with Crippen molar-refractivity contribution in [3.8, 4) is 5.82 Å². The SMILES string of the molecule is Cc1cc(Cl)cc(C(=O)NC(C)c2ccc(Cl)c(Cl)c2)c1CC(=O)c1cc(Cn2nnc(C(F)(F)F)n2)nn1-c1ncccc1Cl. The smallest absolute Gasteiger partial charge is 0.346 e. The van der Waals surface area contributed by atoms with Gasteiger partial charge in [0, 0.05) is 23.2 Å². The second-order valence-electron chi connectivity index (χ2n) is 10.1. The van der Waals surface area contributed by atoms with Gasteiger partial charge in [0.05, 0.1) is 26.8 Å². The summed E-state index contributed by atoms with van der Waals surface area (Å²) in [6, 6.07) is 12.1. The number of halogens is 7. The Kier molecular flexibility index (Phi) is 9.68. The number of alkyl halides is 3. The number of aryl methyl sites for hydroxylation is 1. The summed E-state index contributed by atoms with van der Waals surface area (Å²) in [4.78, 5) is 32.4. The Labute approximate surface area is 279 Å². The lowest BCUT2D eigenvalue weighted by atomic mass is 9.95. The number of carbonyl (C=O) groups is 2. The van der Waals surface area contributed by atoms with Gasteiger partial charge in [-0.05, 0) is 78.2 Å². The number of amides is 1. The molecule has 0 spiro atoms. The van der Waals surface area contributed by atoms with Crippen molar-refractivity contribution in [3.05, 3.63) is 114 Å². The van der Waals surface area contributed by atoms with E-state index in [0.29, 0.717) is 31.5 Å². The molecule has 3 aromatic heterocycles. The molecule has 46 heavy (non-hydrogen) atoms. The first kappa shape index (κ1) is 33.3. The van der Waals surface area contributed by atoms with Crippen LogP contribution in [0, 0.1) is 6.92 Å². The summed E-state index contributed by atoms with van der Waals surface area (Å²) < 4.78 is 40.2. The normalized spacial score (nSPS) is 12.3. The fourth-order valence-corrected chi connectivity index (χ4v) is 5.35. The Hall–Kier alpha value is -4.04. The molecule has 1 atom stereocenters. The van der Waals surface area contributed by atoms with Crippen LogP contribution in [0.4, 0.5) is 13.2 Å². The van der Waals surface area contributed by atoms with Crippen LogP contribution in [-0.4, -0.2) is 46.7 Å². The van der Waals surface area contributed by atoms with Crippen LogP contribution in [-0.2, 0) is 19.1 Å². The molecule has 5 aromatic rings. The van der Waals surface area contributed by atoms with Crippen LogP contribution in [0.2, 0.25) is 20.1 Å². The van der Waals surface area contributed by atoms with Crippen molar-refractivity contribution in [2.24, 2.45) is 0 Å². The van der Waals surface area contributed by atoms with Crippen LogP contribution < -0.4 is 5.32 Å². The van der Waals surface area contributed by atoms with Crippen LogP contribution in [0.25, 0.3) is 5.82 Å². The number of rotatable bonds is 9. The standard InChI is InChI=1S/C29H21Cl4F3N8O2/c1-14-8-17(30)10-20(27(46)38-15(2)16-5-6-21(31)23(33)9-16)19(14)12-25(45)24-11-18(13-43-41-28(39-42-43)29(34,35)36)40-44(24)26-22(32)4-3-7-37-26/h3-11,15H,12-13H2,1-2H3,(H,38,46). The summed E-state index contributed by atoms with van der Waals surface area (Å²) >= 11 is 24.9. The number of ketones is 1. The second kappa shape index (κ2) is 13.4. The number of nitrogens with one attached hydrogen (secondary N) is 1. The van der Waals surface area contributed by atoms with E-state index in [9.17, 15) is 22.8 Å². The van der Waals surface area contributed by atoms with E-state index in [1.807, 2.05) is 0 Å². The predicted molar refractivity (Wildman–Crippen MR) is 165 cm³/mol. The van der Waals surface area contributed by atoms with Crippen LogP contribution in [0.5, 0.6) is 0 Å². The average Bonchev–Trinajstić information content (AvgIpc) is 3.63. The Morgan fingerprint density at radius 1 is 0.978 bits per heavy atom. The molecule has 1 amide bonds. The van der Waals surface area contributed by atoms with Gasteiger partial charge in [-0.25, -0.2) is 9.67 Å². The molecule has 0 bridgehead atoms. The lowest BCUT2D eigenvalue weighted by molar-refractivity contribution is -0.145. The lowest BCUT2D eigenvalue weighted by Gasteiger charge is -2.18. The first-order chi connectivity index (χ1) is 21.7. The molecule has 0 aliphatic carbocycles. The van der Waals surface area contributed by atoms with Gasteiger partial charge in [0.25, 0.3) is 11.7 Å². The van der Waals surface area contributed by atoms with Gasteiger partial charge < -0.3 is 5.32 Å². The topological polar surface area (TPSA) is 120 Å². The molecule has 0 aliphatic rings. The van der Waals surface area contributed by atoms with E-state index >= 15 is 0 Å². The molecule has 0 radical (unpaired) electrons. The van der Waals surface area contributed by atoms with Crippen molar-refractivity contribution < 1.29 is 22.8 Å². The fourth-order valence-electron chi connectivity index (χ4n) is 4.57. The Morgan fingerprint density at radius 2 is 1.74 bits per heavy atom. The number of pyridine rings is 1. The highest BCUT2D eigenvalue weighted by Gasteiger charge is 2.37. The van der Waals surface area contributed by atoms with Gasteiger partial charge in [-0.1, -0.05) is 52.5 Å². The van der Waals surface area contributed by atoms with E-state index in [2.05, 4.69) is 30.8 Å². The van der Waals surface area contributed by atoms with Gasteiger partial charge >= 0.3 is 6.18 Å². The van der Waals surface area contributed by atoms with Gasteiger partial charge in [-0.15, -0.1) is 10.2 Å². The summed E-state index contributed by atoms with van der Waals surface area (Å²) in [5.74, 6) is -2.32. The number of nitrogens with zero attached hydrogens (tertiary/aromatic N) is 7. The first-order valence-corrected chi connectivity index (χ1v) is 14.8. The van der Waals surface area contributed by atoms with E-state index in [1.165, 1.54) is 29.1 Å². The third-order valence-corrected chi connectivity index (χ3v) is 8.06. The number of Topliss-reactive ketones (excluding diaryl/α,β-unsaturated/α-hetero) is 1. The van der Waals surface area contributed by atoms with E-state index < -0.39 is 29.7 Å². The quantitative estimate of drug-likeness (QED) is 0.161. The zero-order valence-corrected chi connectivity index (χ0v) is 26.8. The molecule has 10 nitrogen and oxygen atoms in total. The van der Waals surface area contributed by atoms with Crippen LogP contribution in [0.15, 0.2) is 54.7 Å². The second-order valence-corrected chi connectivity index (χ2v) is 11.8. The predicted octanol–water partition coefficient (Wildman–Crippen LogP) is 7.16. The molecule has 0 saturated carbocycles. The zero-order valence-electron chi connectivity index (χ0n) is 23.8. The van der Waals surface area contributed by atoms with Crippen molar-refractivity contribution in [1.29, 1.82) is 0 Å². The van der Waals surface area contributed by atoms with Crippen molar-refractivity contribution in [2.75, 3.05) is 0 Å². The molecule has 17 heteroatoms.